The second-order valence-corrected chi connectivity index (χ2v) is 8.20. The molecule has 0 saturated carbocycles. The van der Waals surface area contributed by atoms with E-state index in [1.54, 1.807) is 49.5 Å². The SMILES string of the molecule is CCC(=O)O.COc1cccc(S(=O)(=O)Nc2ccc3[nH]c(=O)c4[nH]ccc4c3c2)c1. The number of carbonyl (C=O) groups is 1. The van der Waals surface area contributed by atoms with E-state index < -0.39 is 16.0 Å². The Bertz CT molecular complexity index is 1410. The number of aromatic nitrogens is 2. The number of carboxylic acid groups (broad SMARTS) is 1. The van der Waals surface area contributed by atoms with Gasteiger partial charge in [-0.15, -0.1) is 0 Å². The van der Waals surface area contributed by atoms with Crippen LogP contribution in [-0.4, -0.2) is 36.6 Å². The third-order valence-corrected chi connectivity index (χ3v) is 5.82. The standard InChI is InChI=1S/C18H15N3O4S.C3H6O2/c1-25-12-3-2-4-13(10-12)26(23,24)21-11-5-6-16-15(9-11)14-7-8-19-17(14)18(22)20-16;1-2-3(4)5/h2-10,19,21H,1H3,(H,20,22);2H2,1H3,(H,4,5). The third-order valence-electron chi connectivity index (χ3n) is 4.44. The molecule has 0 aliphatic heterocycles. The zero-order valence-electron chi connectivity index (χ0n) is 16.8. The van der Waals surface area contributed by atoms with Crippen LogP contribution >= 0.6 is 0 Å². The Morgan fingerprint density at radius 3 is 2.55 bits per heavy atom. The number of aliphatic carboxylic acids is 1. The normalized spacial score (nSPS) is 11.0. The molecule has 162 valence electrons. The topological polar surface area (TPSA) is 141 Å². The van der Waals surface area contributed by atoms with E-state index in [0.29, 0.717) is 22.5 Å². The number of hydrogen-bond acceptors (Lipinski definition) is 5. The van der Waals surface area contributed by atoms with Gasteiger partial charge in [0.2, 0.25) is 0 Å². The third kappa shape index (κ3) is 4.86. The molecule has 2 aromatic heterocycles. The predicted molar refractivity (Wildman–Crippen MR) is 118 cm³/mol. The number of H-pyrrole nitrogens is 2. The quantitative estimate of drug-likeness (QED) is 0.373. The lowest BCUT2D eigenvalue weighted by molar-refractivity contribution is -0.136. The lowest BCUT2D eigenvalue weighted by Crippen LogP contribution is -2.13. The second kappa shape index (κ2) is 8.92. The highest BCUT2D eigenvalue weighted by molar-refractivity contribution is 7.92. The van der Waals surface area contributed by atoms with Crippen LogP contribution in [0.5, 0.6) is 5.75 Å². The molecular weight excluding hydrogens is 422 g/mol. The summed E-state index contributed by atoms with van der Waals surface area (Å²) in [6.45, 7) is 1.60. The smallest absolute Gasteiger partial charge is 0.303 e. The summed E-state index contributed by atoms with van der Waals surface area (Å²) in [7, 11) is -2.29. The molecule has 0 amide bonds. The maximum Gasteiger partial charge on any atom is 0.303 e. The highest BCUT2D eigenvalue weighted by atomic mass is 32.2. The molecule has 10 heteroatoms. The number of benzene rings is 2. The molecule has 0 aliphatic carbocycles. The molecule has 2 heterocycles. The summed E-state index contributed by atoms with van der Waals surface area (Å²) in [6, 6.07) is 13.0. The Balaban J connectivity index is 0.000000491. The highest BCUT2D eigenvalue weighted by Crippen LogP contribution is 2.26. The molecule has 0 atom stereocenters. The Labute approximate surface area is 177 Å². The van der Waals surface area contributed by atoms with Crippen molar-refractivity contribution in [3.63, 3.8) is 0 Å². The van der Waals surface area contributed by atoms with Crippen LogP contribution in [-0.2, 0) is 14.8 Å². The lowest BCUT2D eigenvalue weighted by Gasteiger charge is -2.10. The number of methoxy groups -OCH3 is 1. The Hall–Kier alpha value is -3.79. The van der Waals surface area contributed by atoms with Gasteiger partial charge in [-0.1, -0.05) is 13.0 Å². The molecule has 0 fully saturated rings. The van der Waals surface area contributed by atoms with Crippen LogP contribution < -0.4 is 15.0 Å². The van der Waals surface area contributed by atoms with Gasteiger partial charge in [-0.2, -0.15) is 0 Å². The Morgan fingerprint density at radius 1 is 1.13 bits per heavy atom. The number of aromatic amines is 2. The molecule has 0 aliphatic rings. The fourth-order valence-electron chi connectivity index (χ4n) is 2.89. The monoisotopic (exact) mass is 443 g/mol. The number of carboxylic acids is 1. The molecule has 4 N–H and O–H groups in total. The van der Waals surface area contributed by atoms with Gasteiger partial charge in [-0.3, -0.25) is 14.3 Å². The van der Waals surface area contributed by atoms with Crippen molar-refractivity contribution < 1.29 is 23.1 Å². The number of rotatable bonds is 5. The summed E-state index contributed by atoms with van der Waals surface area (Å²) < 4.78 is 32.9. The Kier molecular flexibility index (Phi) is 6.30. The van der Waals surface area contributed by atoms with Crippen LogP contribution in [0, 0.1) is 0 Å². The zero-order valence-corrected chi connectivity index (χ0v) is 17.6. The van der Waals surface area contributed by atoms with Crippen molar-refractivity contribution in [2.45, 2.75) is 18.2 Å². The van der Waals surface area contributed by atoms with Gasteiger partial charge < -0.3 is 19.8 Å². The average Bonchev–Trinajstić information content (AvgIpc) is 3.25. The van der Waals surface area contributed by atoms with Crippen LogP contribution in [0.2, 0.25) is 0 Å². The van der Waals surface area contributed by atoms with Crippen LogP contribution in [0.4, 0.5) is 5.69 Å². The van der Waals surface area contributed by atoms with Gasteiger partial charge in [0.15, 0.2) is 0 Å². The van der Waals surface area contributed by atoms with Crippen molar-refractivity contribution in [1.29, 1.82) is 0 Å². The summed E-state index contributed by atoms with van der Waals surface area (Å²) in [5, 5.41) is 9.19. The maximum absolute atomic E-state index is 12.6. The molecule has 4 aromatic rings. The molecule has 0 saturated heterocycles. The van der Waals surface area contributed by atoms with E-state index in [9.17, 15) is 18.0 Å². The fraction of sp³-hybridized carbons (Fsp3) is 0.143. The van der Waals surface area contributed by atoms with Gasteiger partial charge in [0.05, 0.1) is 12.0 Å². The average molecular weight is 443 g/mol. The van der Waals surface area contributed by atoms with Gasteiger partial charge in [0.25, 0.3) is 15.6 Å². The zero-order chi connectivity index (χ0) is 22.6. The van der Waals surface area contributed by atoms with Crippen LogP contribution in [0.15, 0.2) is 64.4 Å². The molecule has 4 rings (SSSR count). The molecule has 0 spiro atoms. The first kappa shape index (κ1) is 21.9. The summed E-state index contributed by atoms with van der Waals surface area (Å²) >= 11 is 0. The van der Waals surface area contributed by atoms with E-state index in [-0.39, 0.29) is 16.9 Å². The second-order valence-electron chi connectivity index (χ2n) is 6.51. The first-order valence-corrected chi connectivity index (χ1v) is 10.7. The minimum Gasteiger partial charge on any atom is -0.497 e. The number of anilines is 1. The van der Waals surface area contributed by atoms with E-state index in [4.69, 9.17) is 9.84 Å². The number of fused-ring (bicyclic) bond motifs is 3. The van der Waals surface area contributed by atoms with Crippen molar-refractivity contribution in [2.75, 3.05) is 11.8 Å². The van der Waals surface area contributed by atoms with E-state index >= 15 is 0 Å². The van der Waals surface area contributed by atoms with Gasteiger partial charge in [0, 0.05) is 40.7 Å². The van der Waals surface area contributed by atoms with Crippen molar-refractivity contribution >= 4 is 43.5 Å². The van der Waals surface area contributed by atoms with Crippen LogP contribution in [0.3, 0.4) is 0 Å². The molecular formula is C21H21N3O6S. The minimum atomic E-state index is -3.77. The molecule has 9 nitrogen and oxygen atoms in total. The van der Waals surface area contributed by atoms with Gasteiger partial charge in [0.1, 0.15) is 11.3 Å². The van der Waals surface area contributed by atoms with E-state index in [0.717, 1.165) is 10.8 Å². The first-order chi connectivity index (χ1) is 14.7. The van der Waals surface area contributed by atoms with Crippen LogP contribution in [0.25, 0.3) is 21.8 Å². The number of pyridine rings is 1. The number of sulfonamides is 1. The summed E-state index contributed by atoms with van der Waals surface area (Å²) in [5.41, 5.74) is 1.26. The first-order valence-electron chi connectivity index (χ1n) is 9.27. The van der Waals surface area contributed by atoms with E-state index in [1.165, 1.54) is 19.2 Å². The molecule has 0 bridgehead atoms. The summed E-state index contributed by atoms with van der Waals surface area (Å²) in [4.78, 5) is 27.1. The molecule has 0 unspecified atom stereocenters. The van der Waals surface area contributed by atoms with Crippen molar-refractivity contribution in [1.82, 2.24) is 9.97 Å². The van der Waals surface area contributed by atoms with Gasteiger partial charge >= 0.3 is 5.97 Å². The lowest BCUT2D eigenvalue weighted by atomic mass is 10.1. The molecule has 0 radical (unpaired) electrons. The number of ether oxygens (including phenoxy) is 1. The van der Waals surface area contributed by atoms with Crippen molar-refractivity contribution in [3.8, 4) is 5.75 Å². The highest BCUT2D eigenvalue weighted by Gasteiger charge is 2.16. The van der Waals surface area contributed by atoms with Gasteiger partial charge in [-0.05, 0) is 36.4 Å². The molecule has 2 aromatic carbocycles. The van der Waals surface area contributed by atoms with Gasteiger partial charge in [-0.25, -0.2) is 8.42 Å². The maximum atomic E-state index is 12.6. The van der Waals surface area contributed by atoms with Crippen molar-refractivity contribution in [2.24, 2.45) is 0 Å². The Morgan fingerprint density at radius 2 is 1.87 bits per heavy atom. The largest absolute Gasteiger partial charge is 0.497 e. The fourth-order valence-corrected chi connectivity index (χ4v) is 3.97. The molecule has 31 heavy (non-hydrogen) atoms. The minimum absolute atomic E-state index is 0.102. The number of hydrogen-bond donors (Lipinski definition) is 4. The predicted octanol–water partition coefficient (Wildman–Crippen LogP) is 3.30. The van der Waals surface area contributed by atoms with E-state index in [2.05, 4.69) is 14.7 Å². The summed E-state index contributed by atoms with van der Waals surface area (Å²) in [6.07, 6.45) is 1.90. The van der Waals surface area contributed by atoms with Crippen LogP contribution in [0.1, 0.15) is 13.3 Å². The van der Waals surface area contributed by atoms with E-state index in [1.807, 2.05) is 0 Å². The number of nitrogens with one attached hydrogen (secondary N) is 3. The van der Waals surface area contributed by atoms with Crippen molar-refractivity contribution in [3.05, 3.63) is 65.1 Å². The summed E-state index contributed by atoms with van der Waals surface area (Å²) in [5.74, 6) is -0.289.